The van der Waals surface area contributed by atoms with Crippen molar-refractivity contribution in [2.45, 2.75) is 31.8 Å². The maximum absolute atomic E-state index is 14.0. The molecule has 0 unspecified atom stereocenters. The zero-order valence-electron chi connectivity index (χ0n) is 17.8. The van der Waals surface area contributed by atoms with Crippen LogP contribution in [-0.4, -0.2) is 23.3 Å². The monoisotopic (exact) mass is 448 g/mol. The Labute approximate surface area is 190 Å². The third-order valence-electron chi connectivity index (χ3n) is 6.22. The molecule has 3 aromatic rings. The summed E-state index contributed by atoms with van der Waals surface area (Å²) in [6.07, 6.45) is 2.87. The highest BCUT2D eigenvalue weighted by atomic mass is 19.1. The first-order valence-electron chi connectivity index (χ1n) is 10.9. The van der Waals surface area contributed by atoms with Crippen molar-refractivity contribution in [1.29, 1.82) is 0 Å². The molecule has 0 aromatic heterocycles. The van der Waals surface area contributed by atoms with Crippen LogP contribution in [0.15, 0.2) is 60.7 Å². The molecule has 5 rings (SSSR count). The van der Waals surface area contributed by atoms with Gasteiger partial charge in [-0.2, -0.15) is 0 Å². The largest absolute Gasteiger partial charge is 0.483 e. The maximum Gasteiger partial charge on any atom is 0.261 e. The van der Waals surface area contributed by atoms with Gasteiger partial charge in [0.25, 0.3) is 11.8 Å². The van der Waals surface area contributed by atoms with Gasteiger partial charge in [0.15, 0.2) is 6.61 Å². The lowest BCUT2D eigenvalue weighted by Crippen LogP contribution is -2.37. The van der Waals surface area contributed by atoms with Crippen molar-refractivity contribution in [3.8, 4) is 5.75 Å². The number of halogens is 2. The molecule has 1 heterocycles. The van der Waals surface area contributed by atoms with Crippen LogP contribution in [0.5, 0.6) is 5.75 Å². The van der Waals surface area contributed by atoms with Gasteiger partial charge in [0, 0.05) is 17.3 Å². The topological polar surface area (TPSA) is 58.6 Å². The molecule has 5 nitrogen and oxygen atoms in total. The summed E-state index contributed by atoms with van der Waals surface area (Å²) in [6.45, 7) is 0.278. The van der Waals surface area contributed by atoms with E-state index >= 15 is 0 Å². The summed E-state index contributed by atoms with van der Waals surface area (Å²) in [5.74, 6) is -1.89. The minimum atomic E-state index is -0.932. The van der Waals surface area contributed by atoms with Crippen LogP contribution in [0, 0.1) is 11.6 Å². The SMILES string of the molecule is O=C(Nc1ccc2c(c1)CN([C@@H]1CCCc3ccccc31)C(=O)CO2)c1ccc(F)cc1F. The molecule has 0 radical (unpaired) electrons. The molecule has 33 heavy (non-hydrogen) atoms. The Bertz CT molecular complexity index is 1240. The average molecular weight is 448 g/mol. The van der Waals surface area contributed by atoms with Crippen LogP contribution in [-0.2, 0) is 17.8 Å². The van der Waals surface area contributed by atoms with Crippen LogP contribution in [0.4, 0.5) is 14.5 Å². The summed E-state index contributed by atoms with van der Waals surface area (Å²) in [7, 11) is 0. The number of ether oxygens (including phenoxy) is 1. The number of nitrogens with zero attached hydrogens (tertiary/aromatic N) is 1. The van der Waals surface area contributed by atoms with Gasteiger partial charge in [0.05, 0.1) is 18.2 Å². The van der Waals surface area contributed by atoms with E-state index in [1.165, 1.54) is 5.56 Å². The summed E-state index contributed by atoms with van der Waals surface area (Å²) in [5.41, 5.74) is 3.36. The van der Waals surface area contributed by atoms with E-state index in [9.17, 15) is 18.4 Å². The van der Waals surface area contributed by atoms with Crippen LogP contribution < -0.4 is 10.1 Å². The standard InChI is InChI=1S/C26H22F2N2O3/c27-18-8-10-21(22(28)13-18)26(32)29-19-9-11-24-17(12-19)14-30(25(31)15-33-24)23-7-3-5-16-4-1-2-6-20(16)23/h1-2,4,6,8-13,23H,3,5,7,14-15H2,(H,29,32)/t23-/m1/s1. The number of nitrogens with one attached hydrogen (secondary N) is 1. The van der Waals surface area contributed by atoms with Gasteiger partial charge in [0.2, 0.25) is 0 Å². The number of anilines is 1. The summed E-state index contributed by atoms with van der Waals surface area (Å²) < 4.78 is 32.9. The van der Waals surface area contributed by atoms with Crippen LogP contribution in [0.2, 0.25) is 0 Å². The lowest BCUT2D eigenvalue weighted by Gasteiger charge is -2.35. The lowest BCUT2D eigenvalue weighted by atomic mass is 9.86. The predicted molar refractivity (Wildman–Crippen MR) is 119 cm³/mol. The first-order chi connectivity index (χ1) is 16.0. The van der Waals surface area contributed by atoms with Gasteiger partial charge in [-0.1, -0.05) is 24.3 Å². The smallest absolute Gasteiger partial charge is 0.261 e. The van der Waals surface area contributed by atoms with E-state index < -0.39 is 17.5 Å². The molecule has 0 saturated heterocycles. The van der Waals surface area contributed by atoms with Gasteiger partial charge >= 0.3 is 0 Å². The van der Waals surface area contributed by atoms with Crippen LogP contribution in [0.3, 0.4) is 0 Å². The Kier molecular flexibility index (Phi) is 5.54. The van der Waals surface area contributed by atoms with Gasteiger partial charge in [-0.3, -0.25) is 9.59 Å². The summed E-state index contributed by atoms with van der Waals surface area (Å²) in [5, 5.41) is 2.65. The number of carbonyl (C=O) groups is 2. The third kappa shape index (κ3) is 4.18. The number of hydrogen-bond donors (Lipinski definition) is 1. The molecule has 1 atom stereocenters. The van der Waals surface area contributed by atoms with Gasteiger partial charge < -0.3 is 15.0 Å². The number of amides is 2. The number of aryl methyl sites for hydroxylation is 1. The zero-order chi connectivity index (χ0) is 22.9. The fourth-order valence-electron chi connectivity index (χ4n) is 4.62. The highest BCUT2D eigenvalue weighted by Crippen LogP contribution is 2.37. The Morgan fingerprint density at radius 2 is 1.88 bits per heavy atom. The maximum atomic E-state index is 14.0. The fourth-order valence-corrected chi connectivity index (χ4v) is 4.62. The molecule has 1 aliphatic heterocycles. The second-order valence-electron chi connectivity index (χ2n) is 8.32. The van der Waals surface area contributed by atoms with Crippen LogP contribution in [0.1, 0.15) is 45.9 Å². The van der Waals surface area contributed by atoms with Crippen molar-refractivity contribution in [2.75, 3.05) is 11.9 Å². The number of hydrogen-bond acceptors (Lipinski definition) is 3. The molecule has 7 heteroatoms. The highest BCUT2D eigenvalue weighted by molar-refractivity contribution is 6.04. The van der Waals surface area contributed by atoms with Gasteiger partial charge in [-0.15, -0.1) is 0 Å². The van der Waals surface area contributed by atoms with Crippen LogP contribution >= 0.6 is 0 Å². The molecule has 0 fully saturated rings. The fraction of sp³-hybridized carbons (Fsp3) is 0.231. The van der Waals surface area contributed by atoms with Gasteiger partial charge in [-0.05, 0) is 60.7 Å². The van der Waals surface area contributed by atoms with E-state index in [-0.39, 0.29) is 24.1 Å². The first-order valence-corrected chi connectivity index (χ1v) is 10.9. The molecule has 0 spiro atoms. The molecule has 2 amide bonds. The molecule has 2 aliphatic rings. The normalized spacial score (nSPS) is 17.5. The molecule has 3 aromatic carbocycles. The second kappa shape index (κ2) is 8.65. The minimum absolute atomic E-state index is 0.0384. The van der Waals surface area contributed by atoms with E-state index in [4.69, 9.17) is 4.74 Å². The van der Waals surface area contributed by atoms with Gasteiger partial charge in [-0.25, -0.2) is 8.78 Å². The molecule has 168 valence electrons. The molecule has 0 saturated carbocycles. The van der Waals surface area contributed by atoms with E-state index in [1.807, 2.05) is 17.0 Å². The Balaban J connectivity index is 1.41. The molecular formula is C26H22F2N2O3. The molecule has 0 bridgehead atoms. The molecule has 1 aliphatic carbocycles. The first kappa shape index (κ1) is 21.1. The second-order valence-corrected chi connectivity index (χ2v) is 8.32. The van der Waals surface area contributed by atoms with Crippen molar-refractivity contribution in [3.63, 3.8) is 0 Å². The molecule has 1 N–H and O–H groups in total. The van der Waals surface area contributed by atoms with Crippen LogP contribution in [0.25, 0.3) is 0 Å². The summed E-state index contributed by atoms with van der Waals surface area (Å²) in [4.78, 5) is 27.3. The summed E-state index contributed by atoms with van der Waals surface area (Å²) in [6, 6.07) is 16.0. The average Bonchev–Trinajstić information content (AvgIpc) is 2.97. The van der Waals surface area contributed by atoms with Gasteiger partial charge in [0.1, 0.15) is 17.4 Å². The van der Waals surface area contributed by atoms with Crippen molar-refractivity contribution in [3.05, 3.63) is 94.6 Å². The zero-order valence-corrected chi connectivity index (χ0v) is 17.8. The van der Waals surface area contributed by atoms with E-state index in [2.05, 4.69) is 17.4 Å². The van der Waals surface area contributed by atoms with E-state index in [0.29, 0.717) is 24.0 Å². The number of benzene rings is 3. The number of carbonyl (C=O) groups excluding carboxylic acids is 2. The van der Waals surface area contributed by atoms with Crippen molar-refractivity contribution in [2.24, 2.45) is 0 Å². The third-order valence-corrected chi connectivity index (χ3v) is 6.22. The Morgan fingerprint density at radius 3 is 2.73 bits per heavy atom. The highest BCUT2D eigenvalue weighted by Gasteiger charge is 2.32. The van der Waals surface area contributed by atoms with Crippen molar-refractivity contribution >= 4 is 17.5 Å². The Morgan fingerprint density at radius 1 is 1.03 bits per heavy atom. The number of rotatable bonds is 3. The lowest BCUT2D eigenvalue weighted by molar-refractivity contribution is -0.136. The van der Waals surface area contributed by atoms with Crippen molar-refractivity contribution in [1.82, 2.24) is 4.90 Å². The van der Waals surface area contributed by atoms with Crippen molar-refractivity contribution < 1.29 is 23.1 Å². The quantitative estimate of drug-likeness (QED) is 0.613. The predicted octanol–water partition coefficient (Wildman–Crippen LogP) is 5.02. The van der Waals surface area contributed by atoms with E-state index in [0.717, 1.165) is 42.5 Å². The number of fused-ring (bicyclic) bond motifs is 2. The van der Waals surface area contributed by atoms with E-state index in [1.54, 1.807) is 18.2 Å². The Hall–Kier alpha value is -3.74. The minimum Gasteiger partial charge on any atom is -0.483 e. The molecular weight excluding hydrogens is 426 g/mol. The summed E-state index contributed by atoms with van der Waals surface area (Å²) >= 11 is 0.